The number of unbranched alkanes of at least 4 members (excludes halogenated alkanes) is 2. The highest BCUT2D eigenvalue weighted by atomic mass is 16.4. The Hall–Kier alpha value is -6.98. The van der Waals surface area contributed by atoms with Gasteiger partial charge in [-0.2, -0.15) is 0 Å². The van der Waals surface area contributed by atoms with E-state index in [1.807, 2.05) is 0 Å². The first-order valence-electron chi connectivity index (χ1n) is 24.1. The van der Waals surface area contributed by atoms with E-state index >= 15 is 0 Å². The van der Waals surface area contributed by atoms with E-state index in [0.29, 0.717) is 44.3 Å². The maximum absolute atomic E-state index is 14.1. The summed E-state index contributed by atoms with van der Waals surface area (Å²) in [5, 5.41) is 44.7. The van der Waals surface area contributed by atoms with E-state index < -0.39 is 114 Å². The summed E-state index contributed by atoms with van der Waals surface area (Å²) in [4.78, 5) is 129. The second-order valence-electron chi connectivity index (χ2n) is 17.1. The second-order valence-corrected chi connectivity index (χ2v) is 17.1. The molecule has 1 aliphatic rings. The van der Waals surface area contributed by atoms with Gasteiger partial charge in [-0.3, -0.25) is 48.7 Å². The predicted octanol–water partition coefficient (Wildman–Crippen LogP) is -5.74. The van der Waals surface area contributed by atoms with Crippen LogP contribution in [0.1, 0.15) is 83.2 Å². The SMILES string of the molecule is C[C@H](NC(=O)[C@@H](NC(=O)[C@@H](N)CCCCN)[C@@H](O)CN)C(=O)NCC(=O)/N=C(\CCCN)C(=O)N1CCC[C@H]1C(=O)N[C@@H](Cc1ccccn1)C(=O)N[C@@H](CCCCN)C(=O)N/C(=C\CCNC(=N)N)C(=O)O. The summed E-state index contributed by atoms with van der Waals surface area (Å²) in [6, 6.07) is -2.79. The summed E-state index contributed by atoms with van der Waals surface area (Å²) in [5.41, 5.74) is 33.3. The average molecular weight is 1030 g/mol. The number of aliphatic hydroxyl groups is 1. The highest BCUT2D eigenvalue weighted by molar-refractivity contribution is 6.40. The van der Waals surface area contributed by atoms with Gasteiger partial charge in [-0.1, -0.05) is 18.6 Å². The predicted molar refractivity (Wildman–Crippen MR) is 267 cm³/mol. The maximum Gasteiger partial charge on any atom is 0.352 e. The molecule has 406 valence electrons. The van der Waals surface area contributed by atoms with E-state index in [9.17, 15) is 53.4 Å². The van der Waals surface area contributed by atoms with E-state index in [4.69, 9.17) is 39.8 Å². The van der Waals surface area contributed by atoms with Crippen molar-refractivity contribution >= 4 is 64.9 Å². The minimum Gasteiger partial charge on any atom is -0.477 e. The van der Waals surface area contributed by atoms with Crippen molar-refractivity contribution in [1.82, 2.24) is 47.1 Å². The van der Waals surface area contributed by atoms with Gasteiger partial charge < -0.3 is 86.7 Å². The lowest BCUT2D eigenvalue weighted by Crippen LogP contribution is -2.60. The van der Waals surface area contributed by atoms with Crippen molar-refractivity contribution in [2.24, 2.45) is 39.4 Å². The Kier molecular flexibility index (Phi) is 28.6. The number of carboxylic acid groups (broad SMARTS) is 1. The van der Waals surface area contributed by atoms with Gasteiger partial charge in [0.15, 0.2) is 5.96 Å². The van der Waals surface area contributed by atoms with Crippen molar-refractivity contribution < 1.29 is 53.4 Å². The zero-order chi connectivity index (χ0) is 54.5. The molecule has 2 rings (SSSR count). The number of guanidine groups is 1. The van der Waals surface area contributed by atoms with Crippen LogP contribution in [0.5, 0.6) is 0 Å². The van der Waals surface area contributed by atoms with Crippen molar-refractivity contribution in [2.75, 3.05) is 45.8 Å². The fraction of sp³-hybridized carbons (Fsp3) is 0.600. The molecule has 1 saturated heterocycles. The number of aliphatic imine (C=N–C) groups is 1. The third-order valence-corrected chi connectivity index (χ3v) is 11.3. The molecule has 1 aliphatic heterocycles. The average Bonchev–Trinajstić information content (AvgIpc) is 3.86. The van der Waals surface area contributed by atoms with Crippen molar-refractivity contribution in [2.45, 2.75) is 126 Å². The molecule has 28 nitrogen and oxygen atoms in total. The molecule has 0 aromatic carbocycles. The number of amides is 8. The number of pyridine rings is 1. The number of hydrogen-bond acceptors (Lipinski definition) is 17. The highest BCUT2D eigenvalue weighted by Crippen LogP contribution is 2.20. The number of aliphatic hydroxyl groups excluding tert-OH is 1. The number of nitrogens with two attached hydrogens (primary N) is 6. The van der Waals surface area contributed by atoms with Crippen LogP contribution in [0.2, 0.25) is 0 Å². The largest absolute Gasteiger partial charge is 0.477 e. The van der Waals surface area contributed by atoms with Crippen molar-refractivity contribution in [3.63, 3.8) is 0 Å². The Morgan fingerprint density at radius 3 is 2.15 bits per heavy atom. The maximum atomic E-state index is 14.1. The topological polar surface area (TPSA) is 487 Å². The lowest BCUT2D eigenvalue weighted by molar-refractivity contribution is -0.137. The van der Waals surface area contributed by atoms with Gasteiger partial charge in [-0.05, 0) is 103 Å². The van der Waals surface area contributed by atoms with Crippen LogP contribution < -0.4 is 71.6 Å². The molecule has 1 aromatic heterocycles. The number of nitrogens with zero attached hydrogens (tertiary/aromatic N) is 3. The van der Waals surface area contributed by atoms with Crippen LogP contribution in [0, 0.1) is 5.41 Å². The molecule has 7 atom stereocenters. The van der Waals surface area contributed by atoms with Crippen LogP contribution in [0.15, 0.2) is 41.2 Å². The standard InChI is InChI=1S/C45H75N17O11/c1-26(56-42(70)36(34(63)24-49)61-38(66)28(50)12-2-5-17-46)37(65)55-25-35(64)57-30(14-8-19-48)43(71)62-22-10-16-33(62)41(69)60-32(23-27-11-4-7-20-53-27)40(68)58-29(13-3-6-18-47)39(67)59-31(44(72)73)15-9-21-54-45(51)52/h4,7,11,15,20,26,28-29,32-34,36,63H,2-3,5-6,8-10,12-14,16-19,21-25,46-50H2,1H3,(H,55,65)(H,56,70)(H,58,68)(H,59,67)(H,60,69)(H,61,66)(H,72,73)(H4,51,52,54)/b31-15-,57-30+/t26-,28-,29-,32-,33-,34-,36-/m0/s1. The molecule has 28 heteroatoms. The van der Waals surface area contributed by atoms with Gasteiger partial charge in [0.25, 0.3) is 11.8 Å². The quantitative estimate of drug-likeness (QED) is 0.0135. The number of carboxylic acids is 1. The first-order chi connectivity index (χ1) is 34.8. The molecular weight excluding hydrogens is 955 g/mol. The first kappa shape index (κ1) is 62.1. The number of rotatable bonds is 33. The second kappa shape index (κ2) is 33.6. The van der Waals surface area contributed by atoms with Crippen LogP contribution in [-0.2, 0) is 49.6 Å². The minimum atomic E-state index is -1.57. The van der Waals surface area contributed by atoms with Crippen LogP contribution in [0.4, 0.5) is 0 Å². The number of carbonyl (C=O) groups is 9. The summed E-state index contributed by atoms with van der Waals surface area (Å²) in [6.45, 7) is 1.05. The van der Waals surface area contributed by atoms with Crippen molar-refractivity contribution in [3.05, 3.63) is 41.9 Å². The Balaban J connectivity index is 2.27. The molecule has 0 radical (unpaired) electrons. The monoisotopic (exact) mass is 1030 g/mol. The minimum absolute atomic E-state index is 0.0416. The molecule has 1 fully saturated rings. The molecule has 0 bridgehead atoms. The Morgan fingerprint density at radius 1 is 0.849 bits per heavy atom. The summed E-state index contributed by atoms with van der Waals surface area (Å²) >= 11 is 0. The molecule has 2 heterocycles. The third kappa shape index (κ3) is 22.5. The van der Waals surface area contributed by atoms with Gasteiger partial charge in [0.05, 0.1) is 18.7 Å². The number of aliphatic carboxylic acids is 1. The molecule has 0 saturated carbocycles. The summed E-state index contributed by atoms with van der Waals surface area (Å²) < 4.78 is 0. The van der Waals surface area contributed by atoms with Gasteiger partial charge >= 0.3 is 5.97 Å². The van der Waals surface area contributed by atoms with Gasteiger partial charge in [-0.15, -0.1) is 0 Å². The summed E-state index contributed by atoms with van der Waals surface area (Å²) in [7, 11) is 0. The number of likely N-dealkylation sites (tertiary alicyclic amines) is 1. The molecule has 0 unspecified atom stereocenters. The fourth-order valence-corrected chi connectivity index (χ4v) is 7.25. The van der Waals surface area contributed by atoms with Crippen LogP contribution in [-0.4, -0.2) is 173 Å². The number of carbonyl (C=O) groups excluding carboxylic acids is 8. The smallest absolute Gasteiger partial charge is 0.352 e. The van der Waals surface area contributed by atoms with E-state index in [-0.39, 0.29) is 82.8 Å². The zero-order valence-electron chi connectivity index (χ0n) is 41.2. The Labute approximate surface area is 423 Å². The third-order valence-electron chi connectivity index (χ3n) is 11.3. The molecule has 0 spiro atoms. The molecule has 22 N–H and O–H groups in total. The van der Waals surface area contributed by atoms with E-state index in [1.54, 1.807) is 18.2 Å². The van der Waals surface area contributed by atoms with E-state index in [0.717, 1.165) is 0 Å². The van der Waals surface area contributed by atoms with Crippen LogP contribution in [0.3, 0.4) is 0 Å². The Bertz CT molecular complexity index is 2090. The lowest BCUT2D eigenvalue weighted by Gasteiger charge is -2.28. The molecule has 8 amide bonds. The fourth-order valence-electron chi connectivity index (χ4n) is 7.25. The summed E-state index contributed by atoms with van der Waals surface area (Å²) in [5.74, 6) is -8.53. The van der Waals surface area contributed by atoms with Crippen molar-refractivity contribution in [3.8, 4) is 0 Å². The van der Waals surface area contributed by atoms with E-state index in [1.165, 1.54) is 24.1 Å². The zero-order valence-corrected chi connectivity index (χ0v) is 41.2. The van der Waals surface area contributed by atoms with Gasteiger partial charge in [0, 0.05) is 37.9 Å². The molecular formula is C45H75N17O11. The molecule has 1 aromatic rings. The Morgan fingerprint density at radius 2 is 1.53 bits per heavy atom. The van der Waals surface area contributed by atoms with Gasteiger partial charge in [0.2, 0.25) is 35.4 Å². The van der Waals surface area contributed by atoms with Gasteiger partial charge in [-0.25, -0.2) is 9.79 Å². The number of nitrogens with one attached hydrogen (secondary N) is 8. The highest BCUT2D eigenvalue weighted by Gasteiger charge is 2.38. The number of hydrogen-bond donors (Lipinski definition) is 16. The molecule has 0 aliphatic carbocycles. The van der Waals surface area contributed by atoms with Crippen LogP contribution >= 0.6 is 0 Å². The van der Waals surface area contributed by atoms with Crippen molar-refractivity contribution in [1.29, 1.82) is 5.41 Å². The van der Waals surface area contributed by atoms with E-state index in [2.05, 4.69) is 47.2 Å². The molecule has 73 heavy (non-hydrogen) atoms. The normalized spacial score (nSPS) is 16.1. The first-order valence-corrected chi connectivity index (χ1v) is 24.1. The summed E-state index contributed by atoms with van der Waals surface area (Å²) in [6.07, 6.45) is 3.96. The van der Waals surface area contributed by atoms with Gasteiger partial charge in [0.1, 0.15) is 41.6 Å². The number of aromatic nitrogens is 1. The van der Waals surface area contributed by atoms with Crippen LogP contribution in [0.25, 0.3) is 0 Å². The lowest BCUT2D eigenvalue weighted by atomic mass is 10.0.